The summed E-state index contributed by atoms with van der Waals surface area (Å²) >= 11 is 6.13. The summed E-state index contributed by atoms with van der Waals surface area (Å²) in [4.78, 5) is 8.42. The Labute approximate surface area is 185 Å². The van der Waals surface area contributed by atoms with E-state index >= 15 is 0 Å². The van der Waals surface area contributed by atoms with Crippen LogP contribution in [-0.2, 0) is 13.6 Å². The fourth-order valence-corrected chi connectivity index (χ4v) is 3.62. The second-order valence-corrected chi connectivity index (χ2v) is 8.02. The summed E-state index contributed by atoms with van der Waals surface area (Å²) in [6.45, 7) is 8.93. The lowest BCUT2D eigenvalue weighted by Crippen LogP contribution is -2.06. The third-order valence-electron chi connectivity index (χ3n) is 5.20. The molecule has 0 bridgehead atoms. The lowest BCUT2D eigenvalue weighted by Gasteiger charge is -2.15. The molecule has 2 heterocycles. The lowest BCUT2D eigenvalue weighted by molar-refractivity contribution is 0.385. The van der Waals surface area contributed by atoms with Gasteiger partial charge in [-0.3, -0.25) is 4.68 Å². The zero-order chi connectivity index (χ0) is 22.1. The predicted octanol–water partition coefficient (Wildman–Crippen LogP) is 6.13. The molecule has 0 aliphatic heterocycles. The van der Waals surface area contributed by atoms with Crippen LogP contribution in [0, 0.1) is 12.8 Å². The molecular formula is C23H35ClN6. The van der Waals surface area contributed by atoms with Gasteiger partial charge in [0.15, 0.2) is 5.65 Å². The summed E-state index contributed by atoms with van der Waals surface area (Å²) in [5.41, 5.74) is 8.57. The van der Waals surface area contributed by atoms with Gasteiger partial charge in [-0.05, 0) is 30.0 Å². The molecule has 1 aliphatic rings. The Morgan fingerprint density at radius 3 is 2.47 bits per heavy atom. The van der Waals surface area contributed by atoms with Crippen molar-refractivity contribution in [1.82, 2.24) is 19.7 Å². The van der Waals surface area contributed by atoms with Crippen LogP contribution in [0.15, 0.2) is 24.4 Å². The van der Waals surface area contributed by atoms with Crippen molar-refractivity contribution in [3.05, 3.63) is 40.5 Å². The van der Waals surface area contributed by atoms with Gasteiger partial charge in [0.1, 0.15) is 5.82 Å². The van der Waals surface area contributed by atoms with Crippen LogP contribution in [0.1, 0.15) is 64.0 Å². The summed E-state index contributed by atoms with van der Waals surface area (Å²) in [5, 5.41) is 9.03. The fraction of sp³-hybridized carbons (Fsp3) is 0.522. The van der Waals surface area contributed by atoms with Gasteiger partial charge >= 0.3 is 0 Å². The summed E-state index contributed by atoms with van der Waals surface area (Å²) in [7, 11) is 1.82. The van der Waals surface area contributed by atoms with Crippen molar-refractivity contribution in [2.75, 3.05) is 11.1 Å². The number of benzene rings is 1. The zero-order valence-corrected chi connectivity index (χ0v) is 19.6. The number of aryl methyl sites for hydroxylation is 2. The summed E-state index contributed by atoms with van der Waals surface area (Å²) in [6.07, 6.45) is 9.16. The third-order valence-corrected chi connectivity index (χ3v) is 5.61. The van der Waals surface area contributed by atoms with E-state index in [1.807, 2.05) is 46.0 Å². The molecule has 7 heteroatoms. The minimum Gasteiger partial charge on any atom is -0.368 e. The van der Waals surface area contributed by atoms with Crippen LogP contribution in [0.5, 0.6) is 0 Å². The molecule has 3 N–H and O–H groups in total. The minimum absolute atomic E-state index is 0.218. The van der Waals surface area contributed by atoms with Gasteiger partial charge in [-0.15, -0.1) is 0 Å². The molecular weight excluding hydrogens is 396 g/mol. The number of nitrogen functional groups attached to an aromatic ring is 1. The lowest BCUT2D eigenvalue weighted by atomic mass is 9.91. The average molecular weight is 431 g/mol. The maximum Gasteiger partial charge on any atom is 0.224 e. The van der Waals surface area contributed by atoms with E-state index in [0.29, 0.717) is 18.0 Å². The Morgan fingerprint density at radius 1 is 1.17 bits per heavy atom. The van der Waals surface area contributed by atoms with Gasteiger partial charge < -0.3 is 11.1 Å². The first-order valence-corrected chi connectivity index (χ1v) is 11.3. The predicted molar refractivity (Wildman–Crippen MR) is 128 cm³/mol. The second kappa shape index (κ2) is 11.7. The molecule has 6 nitrogen and oxygen atoms in total. The Balaban J connectivity index is 0.000000299. The Morgan fingerprint density at radius 2 is 1.87 bits per heavy atom. The number of aromatic nitrogens is 4. The van der Waals surface area contributed by atoms with Crippen LogP contribution in [0.3, 0.4) is 0 Å². The molecule has 2 aromatic heterocycles. The number of rotatable bonds is 3. The average Bonchev–Trinajstić information content (AvgIpc) is 3.12. The van der Waals surface area contributed by atoms with E-state index in [-0.39, 0.29) is 5.95 Å². The van der Waals surface area contributed by atoms with Crippen LogP contribution >= 0.6 is 11.6 Å². The van der Waals surface area contributed by atoms with Gasteiger partial charge in [0.05, 0.1) is 11.6 Å². The van der Waals surface area contributed by atoms with Crippen molar-refractivity contribution >= 4 is 34.4 Å². The summed E-state index contributed by atoms with van der Waals surface area (Å²) in [6, 6.07) is 5.96. The fourth-order valence-electron chi connectivity index (χ4n) is 3.41. The van der Waals surface area contributed by atoms with E-state index in [4.69, 9.17) is 17.3 Å². The highest BCUT2D eigenvalue weighted by atomic mass is 35.5. The minimum atomic E-state index is 0.218. The molecule has 1 saturated carbocycles. The van der Waals surface area contributed by atoms with E-state index in [2.05, 4.69) is 27.3 Å². The molecule has 0 radical (unpaired) electrons. The Hall–Kier alpha value is -2.34. The SMILES string of the molecule is CC.CC1CCCCC1.Cc1ccc(CNc2nc(N)nc3c2cnn3C)cc1Cl. The maximum atomic E-state index is 6.13. The quantitative estimate of drug-likeness (QED) is 0.522. The van der Waals surface area contributed by atoms with E-state index in [1.54, 1.807) is 10.9 Å². The van der Waals surface area contributed by atoms with Crippen LogP contribution in [0.4, 0.5) is 11.8 Å². The highest BCUT2D eigenvalue weighted by Gasteiger charge is 2.10. The first-order valence-electron chi connectivity index (χ1n) is 10.9. The molecule has 1 fully saturated rings. The van der Waals surface area contributed by atoms with Gasteiger partial charge in [-0.1, -0.05) is 76.6 Å². The summed E-state index contributed by atoms with van der Waals surface area (Å²) in [5.74, 6) is 1.92. The van der Waals surface area contributed by atoms with Crippen molar-refractivity contribution in [2.24, 2.45) is 13.0 Å². The van der Waals surface area contributed by atoms with Crippen molar-refractivity contribution < 1.29 is 0 Å². The molecule has 0 unspecified atom stereocenters. The van der Waals surface area contributed by atoms with Gasteiger partial charge in [-0.2, -0.15) is 15.1 Å². The molecule has 3 aromatic rings. The number of nitrogens with one attached hydrogen (secondary N) is 1. The highest BCUT2D eigenvalue weighted by molar-refractivity contribution is 6.31. The maximum absolute atomic E-state index is 6.13. The first kappa shape index (κ1) is 23.9. The molecule has 0 saturated heterocycles. The van der Waals surface area contributed by atoms with Crippen molar-refractivity contribution in [1.29, 1.82) is 0 Å². The highest BCUT2D eigenvalue weighted by Crippen LogP contribution is 2.23. The van der Waals surface area contributed by atoms with Gasteiger partial charge in [0.2, 0.25) is 5.95 Å². The number of fused-ring (bicyclic) bond motifs is 1. The number of hydrogen-bond acceptors (Lipinski definition) is 5. The molecule has 1 aliphatic carbocycles. The summed E-state index contributed by atoms with van der Waals surface area (Å²) < 4.78 is 1.67. The number of nitrogens with zero attached hydrogens (tertiary/aromatic N) is 4. The molecule has 30 heavy (non-hydrogen) atoms. The zero-order valence-electron chi connectivity index (χ0n) is 18.9. The van der Waals surface area contributed by atoms with E-state index < -0.39 is 0 Å². The molecule has 0 atom stereocenters. The molecule has 0 amide bonds. The van der Waals surface area contributed by atoms with Crippen LogP contribution in [0.2, 0.25) is 5.02 Å². The van der Waals surface area contributed by atoms with E-state index in [1.165, 1.54) is 32.1 Å². The number of nitrogens with two attached hydrogens (primary N) is 1. The normalized spacial score (nSPS) is 13.8. The standard InChI is InChI=1S/C14H15ClN6.C7H14.C2H6/c1-8-3-4-9(5-11(8)15)6-17-12-10-7-18-21(2)13(10)20-14(16)19-12;1-7-5-3-2-4-6-7;1-2/h3-5,7H,6H2,1-2H3,(H3,16,17,19,20);7H,2-6H2,1H3;1-2H3. The van der Waals surface area contributed by atoms with Crippen LogP contribution in [-0.4, -0.2) is 19.7 Å². The Kier molecular flexibility index (Phi) is 9.37. The van der Waals surface area contributed by atoms with Crippen molar-refractivity contribution in [2.45, 2.75) is 66.3 Å². The number of halogens is 1. The number of hydrogen-bond donors (Lipinski definition) is 2. The van der Waals surface area contributed by atoms with Crippen molar-refractivity contribution in [3.8, 4) is 0 Å². The second-order valence-electron chi connectivity index (χ2n) is 7.62. The van der Waals surface area contributed by atoms with Gasteiger partial charge in [-0.25, -0.2) is 0 Å². The Bertz CT molecular complexity index is 931. The topological polar surface area (TPSA) is 81.7 Å². The molecule has 164 valence electrons. The first-order chi connectivity index (χ1) is 14.4. The van der Waals surface area contributed by atoms with Crippen LogP contribution < -0.4 is 11.1 Å². The van der Waals surface area contributed by atoms with E-state index in [0.717, 1.165) is 27.5 Å². The monoisotopic (exact) mass is 430 g/mol. The number of anilines is 2. The molecule has 1 aromatic carbocycles. The third kappa shape index (κ3) is 6.59. The molecule has 4 rings (SSSR count). The largest absolute Gasteiger partial charge is 0.368 e. The smallest absolute Gasteiger partial charge is 0.224 e. The van der Waals surface area contributed by atoms with Crippen LogP contribution in [0.25, 0.3) is 11.0 Å². The van der Waals surface area contributed by atoms with Gasteiger partial charge in [0.25, 0.3) is 0 Å². The van der Waals surface area contributed by atoms with Gasteiger partial charge in [0, 0.05) is 18.6 Å². The molecule has 0 spiro atoms. The van der Waals surface area contributed by atoms with Crippen molar-refractivity contribution in [3.63, 3.8) is 0 Å². The van der Waals surface area contributed by atoms with E-state index in [9.17, 15) is 0 Å².